The normalized spacial score (nSPS) is 11.1. The fourth-order valence-corrected chi connectivity index (χ4v) is 5.24. The van der Waals surface area contributed by atoms with Crippen LogP contribution in [0, 0.1) is 0 Å². The van der Waals surface area contributed by atoms with Crippen molar-refractivity contribution in [3.8, 4) is 0 Å². The van der Waals surface area contributed by atoms with Gasteiger partial charge in [-0.25, -0.2) is 8.42 Å². The van der Waals surface area contributed by atoms with Gasteiger partial charge in [0, 0.05) is 23.1 Å². The van der Waals surface area contributed by atoms with Gasteiger partial charge >= 0.3 is 0 Å². The average Bonchev–Trinajstić information content (AvgIpc) is 2.79. The first kappa shape index (κ1) is 23.2. The molecule has 0 saturated carbocycles. The first-order valence-corrected chi connectivity index (χ1v) is 12.7. The maximum Gasteiger partial charge on any atom is 0.264 e. The predicted octanol–water partition coefficient (Wildman–Crippen LogP) is 4.58. The standard InChI is InChI=1S/C23H23ClN2O3S2/c24-20-11-13-21(14-12-20)26(31(28,29)22-9-5-2-6-10-22)17-23(27)25-15-16-30-18-19-7-3-1-4-8-19/h1-14H,15-18H2,(H,25,27). The van der Waals surface area contributed by atoms with Gasteiger partial charge in [-0.1, -0.05) is 60.1 Å². The summed E-state index contributed by atoms with van der Waals surface area (Å²) in [4.78, 5) is 12.7. The lowest BCUT2D eigenvalue weighted by Crippen LogP contribution is -2.41. The number of thioether (sulfide) groups is 1. The van der Waals surface area contributed by atoms with Crippen molar-refractivity contribution in [1.82, 2.24) is 5.32 Å². The third-order valence-corrected chi connectivity index (χ3v) is 7.48. The zero-order chi connectivity index (χ0) is 22.1. The Balaban J connectivity index is 1.63. The van der Waals surface area contributed by atoms with Crippen LogP contribution in [-0.4, -0.2) is 33.2 Å². The van der Waals surface area contributed by atoms with Crippen molar-refractivity contribution in [3.63, 3.8) is 0 Å². The summed E-state index contributed by atoms with van der Waals surface area (Å²) in [5.41, 5.74) is 1.60. The fourth-order valence-electron chi connectivity index (χ4n) is 2.86. The highest BCUT2D eigenvalue weighted by atomic mass is 35.5. The molecule has 0 aliphatic carbocycles. The molecule has 0 atom stereocenters. The summed E-state index contributed by atoms with van der Waals surface area (Å²) in [6.45, 7) is 0.137. The molecule has 0 saturated heterocycles. The van der Waals surface area contributed by atoms with E-state index in [4.69, 9.17) is 11.6 Å². The minimum absolute atomic E-state index is 0.121. The van der Waals surface area contributed by atoms with E-state index in [9.17, 15) is 13.2 Å². The Morgan fingerprint density at radius 2 is 1.52 bits per heavy atom. The molecular weight excluding hydrogens is 452 g/mol. The van der Waals surface area contributed by atoms with Gasteiger partial charge in [-0.3, -0.25) is 9.10 Å². The van der Waals surface area contributed by atoms with E-state index in [0.717, 1.165) is 15.8 Å². The van der Waals surface area contributed by atoms with Crippen LogP contribution < -0.4 is 9.62 Å². The van der Waals surface area contributed by atoms with Crippen molar-refractivity contribution in [1.29, 1.82) is 0 Å². The van der Waals surface area contributed by atoms with Crippen LogP contribution in [0.3, 0.4) is 0 Å². The number of nitrogens with zero attached hydrogens (tertiary/aromatic N) is 1. The Morgan fingerprint density at radius 3 is 2.16 bits per heavy atom. The largest absolute Gasteiger partial charge is 0.354 e. The molecule has 0 aliphatic rings. The molecule has 31 heavy (non-hydrogen) atoms. The molecule has 3 aromatic carbocycles. The number of nitrogens with one attached hydrogen (secondary N) is 1. The highest BCUT2D eigenvalue weighted by Gasteiger charge is 2.26. The van der Waals surface area contributed by atoms with Crippen LogP contribution in [0.4, 0.5) is 5.69 Å². The number of amides is 1. The molecule has 5 nitrogen and oxygen atoms in total. The Morgan fingerprint density at radius 1 is 0.903 bits per heavy atom. The third-order valence-electron chi connectivity index (χ3n) is 4.41. The Bertz CT molecular complexity index is 1080. The SMILES string of the molecule is O=C(CN(c1ccc(Cl)cc1)S(=O)(=O)c1ccccc1)NCCSCc1ccccc1. The third kappa shape index (κ3) is 6.75. The minimum Gasteiger partial charge on any atom is -0.354 e. The number of anilines is 1. The molecule has 0 unspecified atom stereocenters. The van der Waals surface area contributed by atoms with E-state index in [-0.39, 0.29) is 17.3 Å². The molecule has 162 valence electrons. The fraction of sp³-hybridized carbons (Fsp3) is 0.174. The van der Waals surface area contributed by atoms with Gasteiger partial charge in [0.1, 0.15) is 6.54 Å². The van der Waals surface area contributed by atoms with E-state index >= 15 is 0 Å². The Labute approximate surface area is 192 Å². The van der Waals surface area contributed by atoms with Gasteiger partial charge in [0.05, 0.1) is 10.6 Å². The zero-order valence-corrected chi connectivity index (χ0v) is 19.2. The maximum absolute atomic E-state index is 13.2. The molecule has 3 rings (SSSR count). The second-order valence-corrected chi connectivity index (χ2v) is 10.1. The molecule has 0 aliphatic heterocycles. The van der Waals surface area contributed by atoms with Crippen molar-refractivity contribution in [2.24, 2.45) is 0 Å². The first-order chi connectivity index (χ1) is 15.0. The summed E-state index contributed by atoms with van der Waals surface area (Å²) in [5.74, 6) is 1.22. The molecule has 8 heteroatoms. The highest BCUT2D eigenvalue weighted by Crippen LogP contribution is 2.25. The number of hydrogen-bond donors (Lipinski definition) is 1. The zero-order valence-electron chi connectivity index (χ0n) is 16.8. The molecule has 0 aromatic heterocycles. The number of hydrogen-bond acceptors (Lipinski definition) is 4. The number of sulfonamides is 1. The van der Waals surface area contributed by atoms with Crippen LogP contribution in [0.2, 0.25) is 5.02 Å². The van der Waals surface area contributed by atoms with Crippen molar-refractivity contribution in [3.05, 3.63) is 95.5 Å². The second-order valence-electron chi connectivity index (χ2n) is 6.69. The van der Waals surface area contributed by atoms with Gasteiger partial charge in [-0.2, -0.15) is 11.8 Å². The van der Waals surface area contributed by atoms with Gasteiger partial charge in [0.25, 0.3) is 10.0 Å². The maximum atomic E-state index is 13.2. The highest BCUT2D eigenvalue weighted by molar-refractivity contribution is 7.98. The molecule has 0 fully saturated rings. The van der Waals surface area contributed by atoms with Crippen LogP contribution >= 0.6 is 23.4 Å². The topological polar surface area (TPSA) is 66.5 Å². The molecule has 1 amide bonds. The van der Waals surface area contributed by atoms with Crippen LogP contribution in [0.25, 0.3) is 0 Å². The first-order valence-electron chi connectivity index (χ1n) is 9.68. The number of rotatable bonds is 10. The van der Waals surface area contributed by atoms with Crippen LogP contribution in [0.15, 0.2) is 89.8 Å². The van der Waals surface area contributed by atoms with Crippen molar-refractivity contribution in [2.45, 2.75) is 10.6 Å². The minimum atomic E-state index is -3.91. The summed E-state index contributed by atoms with van der Waals surface area (Å²) in [6, 6.07) is 24.5. The smallest absolute Gasteiger partial charge is 0.264 e. The van der Waals surface area contributed by atoms with Crippen molar-refractivity contribution in [2.75, 3.05) is 23.1 Å². The number of carbonyl (C=O) groups excluding carboxylic acids is 1. The molecule has 0 radical (unpaired) electrons. The predicted molar refractivity (Wildman–Crippen MR) is 128 cm³/mol. The summed E-state index contributed by atoms with van der Waals surface area (Å²) in [7, 11) is -3.91. The second kappa shape index (κ2) is 11.2. The van der Waals surface area contributed by atoms with Crippen LogP contribution in [-0.2, 0) is 20.6 Å². The Kier molecular flexibility index (Phi) is 8.40. The molecular formula is C23H23ClN2O3S2. The molecule has 0 heterocycles. The van der Waals surface area contributed by atoms with Gasteiger partial charge < -0.3 is 5.32 Å². The van der Waals surface area contributed by atoms with E-state index in [1.807, 2.05) is 18.2 Å². The van der Waals surface area contributed by atoms with Gasteiger partial charge in [-0.05, 0) is 42.0 Å². The van der Waals surface area contributed by atoms with Gasteiger partial charge in [0.2, 0.25) is 5.91 Å². The van der Waals surface area contributed by atoms with Gasteiger partial charge in [0.15, 0.2) is 0 Å². The van der Waals surface area contributed by atoms with E-state index in [0.29, 0.717) is 17.3 Å². The molecule has 3 aromatic rings. The van der Waals surface area contributed by atoms with Crippen molar-refractivity contribution < 1.29 is 13.2 Å². The van der Waals surface area contributed by atoms with E-state index in [1.54, 1.807) is 54.2 Å². The molecule has 0 bridgehead atoms. The quantitative estimate of drug-likeness (QED) is 0.436. The monoisotopic (exact) mass is 474 g/mol. The molecule has 1 N–H and O–H groups in total. The van der Waals surface area contributed by atoms with E-state index < -0.39 is 10.0 Å². The van der Waals surface area contributed by atoms with E-state index in [2.05, 4.69) is 17.4 Å². The lowest BCUT2D eigenvalue weighted by atomic mass is 10.2. The summed E-state index contributed by atoms with van der Waals surface area (Å²) in [6.07, 6.45) is 0. The number of carbonyl (C=O) groups is 1. The van der Waals surface area contributed by atoms with Crippen LogP contribution in [0.5, 0.6) is 0 Å². The van der Waals surface area contributed by atoms with Crippen LogP contribution in [0.1, 0.15) is 5.56 Å². The number of benzene rings is 3. The summed E-state index contributed by atoms with van der Waals surface area (Å²) < 4.78 is 27.5. The average molecular weight is 475 g/mol. The van der Waals surface area contributed by atoms with Gasteiger partial charge in [-0.15, -0.1) is 0 Å². The number of halogens is 1. The summed E-state index contributed by atoms with van der Waals surface area (Å²) in [5, 5.41) is 3.30. The van der Waals surface area contributed by atoms with E-state index in [1.165, 1.54) is 17.7 Å². The lowest BCUT2D eigenvalue weighted by Gasteiger charge is -2.24. The van der Waals surface area contributed by atoms with Crippen molar-refractivity contribution >= 4 is 45.0 Å². The Hall–Kier alpha value is -2.48. The molecule has 0 spiro atoms. The summed E-state index contributed by atoms with van der Waals surface area (Å²) >= 11 is 7.65. The lowest BCUT2D eigenvalue weighted by molar-refractivity contribution is -0.119.